The van der Waals surface area contributed by atoms with Gasteiger partial charge in [0.1, 0.15) is 0 Å². The average Bonchev–Trinajstić information content (AvgIpc) is 3.91. The molecule has 2 aromatic heterocycles. The summed E-state index contributed by atoms with van der Waals surface area (Å²) in [4.78, 5) is 18.4. The number of allylic oxidation sites excluding steroid dienone is 5. The van der Waals surface area contributed by atoms with Crippen molar-refractivity contribution < 1.29 is 0 Å². The molecule has 1 unspecified atom stereocenters. The summed E-state index contributed by atoms with van der Waals surface area (Å²) in [5.74, 6) is 2.03. The molecule has 0 saturated heterocycles. The number of aromatic nitrogens is 4. The molecule has 0 spiro atoms. The highest BCUT2D eigenvalue weighted by Crippen LogP contribution is 2.57. The second kappa shape index (κ2) is 16.4. The van der Waals surface area contributed by atoms with E-state index in [0.29, 0.717) is 17.6 Å². The quantitative estimate of drug-likeness (QED) is 0.160. The molecule has 0 N–H and O–H groups in total. The third kappa shape index (κ3) is 6.93. The van der Waals surface area contributed by atoms with Gasteiger partial charge in [0.25, 0.3) is 0 Å². The van der Waals surface area contributed by atoms with Crippen LogP contribution in [0, 0.1) is 10.8 Å². The van der Waals surface area contributed by atoms with Crippen molar-refractivity contribution in [2.75, 3.05) is 4.90 Å². The van der Waals surface area contributed by atoms with E-state index in [0.717, 1.165) is 47.2 Å². The van der Waals surface area contributed by atoms with Gasteiger partial charge in [0.05, 0.1) is 16.9 Å². The first-order valence-corrected chi connectivity index (χ1v) is 25.1. The minimum Gasteiger partial charge on any atom is -0.313 e. The van der Waals surface area contributed by atoms with Gasteiger partial charge in [-0.2, -0.15) is 9.97 Å². The lowest BCUT2D eigenvalue weighted by Crippen LogP contribution is -2.32. The van der Waals surface area contributed by atoms with Gasteiger partial charge in [-0.05, 0) is 118 Å². The van der Waals surface area contributed by atoms with E-state index in [2.05, 4.69) is 213 Å². The molecular weight excluding hydrogens is 851 g/mol. The normalized spacial score (nSPS) is 17.6. The average molecular weight is 906 g/mol. The predicted octanol–water partition coefficient (Wildman–Crippen LogP) is 16.6. The minimum absolute atomic E-state index is 0.133. The van der Waals surface area contributed by atoms with Crippen molar-refractivity contribution in [1.82, 2.24) is 19.5 Å². The van der Waals surface area contributed by atoms with Crippen LogP contribution in [-0.4, -0.2) is 19.5 Å². The number of fused-ring (bicyclic) bond motifs is 6. The van der Waals surface area contributed by atoms with Crippen molar-refractivity contribution in [3.05, 3.63) is 227 Å². The first-order valence-electron chi connectivity index (χ1n) is 25.1. The Kier molecular flexibility index (Phi) is 9.88. The number of hydrogen-bond acceptors (Lipinski definition) is 4. The van der Waals surface area contributed by atoms with Gasteiger partial charge in [-0.1, -0.05) is 197 Å². The maximum absolute atomic E-state index is 5.37. The van der Waals surface area contributed by atoms with Crippen molar-refractivity contribution in [1.29, 1.82) is 0 Å². The Bertz CT molecular complexity index is 3630. The van der Waals surface area contributed by atoms with Crippen LogP contribution in [0.1, 0.15) is 81.7 Å². The molecule has 0 fully saturated rings. The van der Waals surface area contributed by atoms with Gasteiger partial charge >= 0.3 is 0 Å². The first-order chi connectivity index (χ1) is 34.2. The summed E-state index contributed by atoms with van der Waals surface area (Å²) in [6, 6.07) is 65.5. The van der Waals surface area contributed by atoms with Gasteiger partial charge in [-0.15, -0.1) is 0 Å². The molecule has 0 saturated carbocycles. The summed E-state index contributed by atoms with van der Waals surface area (Å²) < 4.78 is 2.29. The molecule has 70 heavy (non-hydrogen) atoms. The SMILES string of the molecule is CC1(C)CCC(C)(C)C2=C1CCC=C2c1cccc(-c2ccccc2N2C3=Cc4c(c5ccccc5n4-c4nc(-c5ccccc5)nc(-c5ccc(-c6ccccc6)cc5)n4)CC3c3ccccc32)c1. The summed E-state index contributed by atoms with van der Waals surface area (Å²) >= 11 is 0. The van der Waals surface area contributed by atoms with E-state index < -0.39 is 0 Å². The number of rotatable bonds is 7. The van der Waals surface area contributed by atoms with Crippen LogP contribution in [0.5, 0.6) is 0 Å². The number of hydrogen-bond donors (Lipinski definition) is 0. The number of benzene rings is 7. The molecule has 9 aromatic rings. The van der Waals surface area contributed by atoms with Crippen molar-refractivity contribution >= 4 is 33.9 Å². The molecule has 0 radical (unpaired) electrons. The lowest BCUT2D eigenvalue weighted by Gasteiger charge is -2.46. The fourth-order valence-electron chi connectivity index (χ4n) is 12.2. The van der Waals surface area contributed by atoms with Crippen molar-refractivity contribution in [2.45, 2.75) is 65.7 Å². The Morgan fingerprint density at radius 3 is 1.91 bits per heavy atom. The second-order valence-electron chi connectivity index (χ2n) is 20.9. The lowest BCUT2D eigenvalue weighted by atomic mass is 9.58. The standard InChI is InChI=1S/C65H55N5/c1-64(2)37-38-65(3,4)60-49(28-18-29-54(60)64)47-24-17-23-46(39-47)48-25-11-14-30-55(48)69-56-31-15-12-26-50(56)52-40-53-51-27-13-16-32-57(51)70(59(53)41-58(52)69)63-67-61(44-21-9-6-10-22-44)66-62(68-63)45-35-33-43(34-36-45)42-19-7-5-8-20-42/h5-17,19-28,30-36,39,41,52H,18,29,37-38,40H2,1-4H3. The first kappa shape index (κ1) is 42.2. The zero-order valence-corrected chi connectivity index (χ0v) is 40.3. The highest BCUT2D eigenvalue weighted by Gasteiger charge is 2.42. The van der Waals surface area contributed by atoms with E-state index in [4.69, 9.17) is 15.0 Å². The summed E-state index contributed by atoms with van der Waals surface area (Å²) in [6.07, 6.45) is 10.5. The van der Waals surface area contributed by atoms with Crippen LogP contribution in [0.25, 0.3) is 73.5 Å². The van der Waals surface area contributed by atoms with Crippen LogP contribution in [0.4, 0.5) is 11.4 Å². The second-order valence-corrected chi connectivity index (χ2v) is 20.9. The topological polar surface area (TPSA) is 46.8 Å². The summed E-state index contributed by atoms with van der Waals surface area (Å²) in [6.45, 7) is 9.86. The third-order valence-corrected chi connectivity index (χ3v) is 15.8. The number of anilines is 2. The molecule has 5 heteroatoms. The maximum atomic E-state index is 5.37. The number of para-hydroxylation sites is 3. The Morgan fingerprint density at radius 1 is 0.529 bits per heavy atom. The monoisotopic (exact) mass is 905 g/mol. The van der Waals surface area contributed by atoms with Gasteiger partial charge < -0.3 is 4.90 Å². The van der Waals surface area contributed by atoms with Crippen LogP contribution in [-0.2, 0) is 6.42 Å². The van der Waals surface area contributed by atoms with Gasteiger partial charge in [0.2, 0.25) is 5.95 Å². The van der Waals surface area contributed by atoms with E-state index in [9.17, 15) is 0 Å². The molecule has 5 nitrogen and oxygen atoms in total. The fraction of sp³-hybridized carbons (Fsp3) is 0.185. The van der Waals surface area contributed by atoms with Crippen molar-refractivity contribution in [3.63, 3.8) is 0 Å². The molecule has 1 aliphatic heterocycles. The predicted molar refractivity (Wildman–Crippen MR) is 289 cm³/mol. The molecule has 3 aliphatic carbocycles. The Labute approximate surface area is 411 Å². The van der Waals surface area contributed by atoms with Crippen LogP contribution >= 0.6 is 0 Å². The molecule has 13 rings (SSSR count). The van der Waals surface area contributed by atoms with E-state index in [1.165, 1.54) is 74.3 Å². The van der Waals surface area contributed by atoms with E-state index in [-0.39, 0.29) is 16.7 Å². The van der Waals surface area contributed by atoms with Gasteiger partial charge in [-0.3, -0.25) is 4.57 Å². The molecular formula is C65H55N5. The summed E-state index contributed by atoms with van der Waals surface area (Å²) in [7, 11) is 0. The van der Waals surface area contributed by atoms with E-state index >= 15 is 0 Å². The number of nitrogens with zero attached hydrogens (tertiary/aromatic N) is 5. The largest absolute Gasteiger partial charge is 0.313 e. The highest BCUT2D eigenvalue weighted by atomic mass is 15.2. The maximum Gasteiger partial charge on any atom is 0.238 e. The molecule has 4 aliphatic rings. The lowest BCUT2D eigenvalue weighted by molar-refractivity contribution is 0.260. The summed E-state index contributed by atoms with van der Waals surface area (Å²) in [5.41, 5.74) is 21.5. The molecule has 1 atom stereocenters. The highest BCUT2D eigenvalue weighted by molar-refractivity contribution is 5.96. The Balaban J connectivity index is 0.964. The van der Waals surface area contributed by atoms with Crippen molar-refractivity contribution in [2.24, 2.45) is 10.8 Å². The zero-order valence-electron chi connectivity index (χ0n) is 40.3. The zero-order chi connectivity index (χ0) is 47.1. The Hall–Kier alpha value is -7.89. The third-order valence-electron chi connectivity index (χ3n) is 15.8. The van der Waals surface area contributed by atoms with Crippen LogP contribution in [0.3, 0.4) is 0 Å². The van der Waals surface area contributed by atoms with Crippen LogP contribution in [0.2, 0.25) is 0 Å². The minimum atomic E-state index is 0.133. The molecule has 340 valence electrons. The smallest absolute Gasteiger partial charge is 0.238 e. The van der Waals surface area contributed by atoms with E-state index in [1.54, 1.807) is 11.1 Å². The van der Waals surface area contributed by atoms with Crippen LogP contribution < -0.4 is 4.90 Å². The van der Waals surface area contributed by atoms with Gasteiger partial charge in [0.15, 0.2) is 11.6 Å². The van der Waals surface area contributed by atoms with E-state index in [1.807, 2.05) is 18.2 Å². The fourth-order valence-corrected chi connectivity index (χ4v) is 12.2. The van der Waals surface area contributed by atoms with Crippen molar-refractivity contribution in [3.8, 4) is 51.0 Å². The summed E-state index contributed by atoms with van der Waals surface area (Å²) in [5, 5.41) is 1.22. The Morgan fingerprint density at radius 2 is 1.13 bits per heavy atom. The molecule has 7 aromatic carbocycles. The molecule has 3 heterocycles. The van der Waals surface area contributed by atoms with Gasteiger partial charge in [-0.25, -0.2) is 4.98 Å². The van der Waals surface area contributed by atoms with Crippen LogP contribution in [0.15, 0.2) is 205 Å². The molecule has 0 bridgehead atoms. The molecule has 0 amide bonds. The van der Waals surface area contributed by atoms with Gasteiger partial charge in [0, 0.05) is 39.4 Å².